The Hall–Kier alpha value is -8.20. The van der Waals surface area contributed by atoms with Crippen molar-refractivity contribution < 1.29 is 0 Å². The Kier molecular flexibility index (Phi) is 9.57. The number of rotatable bonds is 9. The molecule has 62 heavy (non-hydrogen) atoms. The lowest BCUT2D eigenvalue weighted by atomic mass is 9.87. The van der Waals surface area contributed by atoms with Gasteiger partial charge in [-0.3, -0.25) is 0 Å². The van der Waals surface area contributed by atoms with E-state index in [1.54, 1.807) is 0 Å². The highest BCUT2D eigenvalue weighted by Crippen LogP contribution is 2.48. The Balaban J connectivity index is 1.12. The number of nitrogens with zero attached hydrogens (tertiary/aromatic N) is 2. The minimum Gasteiger partial charge on any atom is -0.310 e. The van der Waals surface area contributed by atoms with Crippen LogP contribution >= 0.6 is 0 Å². The molecule has 2 nitrogen and oxygen atoms in total. The van der Waals surface area contributed by atoms with E-state index in [4.69, 9.17) is 0 Å². The fraction of sp³-hybridized carbons (Fsp3) is 0. The number of benzene rings is 10. The Bertz CT molecular complexity index is 3300. The average Bonchev–Trinajstić information content (AvgIpc) is 3.70. The molecule has 0 aliphatic heterocycles. The van der Waals surface area contributed by atoms with Crippen molar-refractivity contribution in [2.24, 2.45) is 0 Å². The van der Waals surface area contributed by atoms with E-state index in [0.717, 1.165) is 22.7 Å². The second kappa shape index (κ2) is 16.1. The maximum atomic E-state index is 2.43. The van der Waals surface area contributed by atoms with Gasteiger partial charge in [0.05, 0.1) is 16.7 Å². The van der Waals surface area contributed by atoms with Crippen molar-refractivity contribution in [3.63, 3.8) is 0 Å². The predicted molar refractivity (Wildman–Crippen MR) is 263 cm³/mol. The van der Waals surface area contributed by atoms with Gasteiger partial charge in [0.15, 0.2) is 0 Å². The maximum absolute atomic E-state index is 2.43. The van der Waals surface area contributed by atoms with Crippen molar-refractivity contribution in [1.29, 1.82) is 0 Å². The van der Waals surface area contributed by atoms with Gasteiger partial charge in [-0.2, -0.15) is 0 Å². The topological polar surface area (TPSA) is 8.17 Å². The molecule has 0 saturated heterocycles. The number of para-hydroxylation sites is 2. The third kappa shape index (κ3) is 6.65. The van der Waals surface area contributed by atoms with Crippen molar-refractivity contribution in [1.82, 2.24) is 4.57 Å². The zero-order valence-electron chi connectivity index (χ0n) is 34.1. The normalized spacial score (nSPS) is 11.2. The van der Waals surface area contributed by atoms with E-state index in [2.05, 4.69) is 264 Å². The molecule has 0 atom stereocenters. The second-order valence-corrected chi connectivity index (χ2v) is 15.7. The molecular formula is C60H42N2. The minimum atomic E-state index is 1.07. The van der Waals surface area contributed by atoms with E-state index in [9.17, 15) is 0 Å². The van der Waals surface area contributed by atoms with E-state index in [1.807, 2.05) is 0 Å². The summed E-state index contributed by atoms with van der Waals surface area (Å²) in [6.07, 6.45) is 0. The summed E-state index contributed by atoms with van der Waals surface area (Å²) >= 11 is 0. The number of hydrogen-bond acceptors (Lipinski definition) is 1. The Morgan fingerprint density at radius 3 is 1.37 bits per heavy atom. The lowest BCUT2D eigenvalue weighted by Crippen LogP contribution is -2.12. The van der Waals surface area contributed by atoms with Crippen LogP contribution in [-0.2, 0) is 0 Å². The fourth-order valence-corrected chi connectivity index (χ4v) is 9.20. The van der Waals surface area contributed by atoms with Gasteiger partial charge in [-0.05, 0) is 105 Å². The summed E-state index contributed by atoms with van der Waals surface area (Å²) in [4.78, 5) is 2.43. The third-order valence-corrected chi connectivity index (χ3v) is 12.0. The molecule has 292 valence electrons. The molecular weight excluding hydrogens is 749 g/mol. The Labute approximate surface area is 362 Å². The van der Waals surface area contributed by atoms with E-state index < -0.39 is 0 Å². The van der Waals surface area contributed by atoms with Crippen LogP contribution in [0.1, 0.15) is 0 Å². The van der Waals surface area contributed by atoms with Gasteiger partial charge in [-0.25, -0.2) is 0 Å². The zero-order valence-corrected chi connectivity index (χ0v) is 34.1. The number of aromatic nitrogens is 1. The van der Waals surface area contributed by atoms with Gasteiger partial charge in [0.1, 0.15) is 0 Å². The molecule has 11 rings (SSSR count). The van der Waals surface area contributed by atoms with Crippen molar-refractivity contribution in [2.45, 2.75) is 0 Å². The molecule has 0 spiro atoms. The molecule has 0 amide bonds. The standard InChI is InChI=1S/C60H42N2/c1-5-19-43(20-6-1)44-35-39-49(40-36-44)61(57-33-17-30-52(46-23-9-3-10-24-46)59(57)54-28-14-13-27-51(54)45-21-7-2-8-22-45)50-41-37-47(38-42-50)53-31-18-34-58-60(53)55-29-15-16-32-56(55)62(58)48-25-11-4-12-26-48/h1-42H. The minimum absolute atomic E-state index is 1.07. The number of hydrogen-bond donors (Lipinski definition) is 0. The summed E-state index contributed by atoms with van der Waals surface area (Å²) in [6.45, 7) is 0. The lowest BCUT2D eigenvalue weighted by Gasteiger charge is -2.30. The highest BCUT2D eigenvalue weighted by atomic mass is 15.1. The first kappa shape index (κ1) is 36.8. The first-order valence-corrected chi connectivity index (χ1v) is 21.3. The van der Waals surface area contributed by atoms with Gasteiger partial charge in [-0.1, -0.05) is 200 Å². The van der Waals surface area contributed by atoms with E-state index >= 15 is 0 Å². The molecule has 11 aromatic rings. The molecule has 0 aliphatic carbocycles. The van der Waals surface area contributed by atoms with E-state index in [0.29, 0.717) is 0 Å². The van der Waals surface area contributed by atoms with Crippen molar-refractivity contribution in [3.8, 4) is 61.3 Å². The molecule has 2 heteroatoms. The molecule has 0 unspecified atom stereocenters. The summed E-state index contributed by atoms with van der Waals surface area (Å²) in [5.41, 5.74) is 18.6. The van der Waals surface area contributed by atoms with Crippen LogP contribution in [0.25, 0.3) is 83.1 Å². The van der Waals surface area contributed by atoms with Crippen LogP contribution in [0.3, 0.4) is 0 Å². The van der Waals surface area contributed by atoms with Gasteiger partial charge in [0.25, 0.3) is 0 Å². The second-order valence-electron chi connectivity index (χ2n) is 15.7. The van der Waals surface area contributed by atoms with E-state index in [-0.39, 0.29) is 0 Å². The lowest BCUT2D eigenvalue weighted by molar-refractivity contribution is 1.18. The van der Waals surface area contributed by atoms with Crippen LogP contribution in [0.4, 0.5) is 17.1 Å². The van der Waals surface area contributed by atoms with Gasteiger partial charge in [0, 0.05) is 33.4 Å². The van der Waals surface area contributed by atoms with Crippen molar-refractivity contribution in [3.05, 3.63) is 255 Å². The molecule has 0 radical (unpaired) electrons. The van der Waals surface area contributed by atoms with Crippen LogP contribution in [0, 0.1) is 0 Å². The fourth-order valence-electron chi connectivity index (χ4n) is 9.20. The SMILES string of the molecule is c1ccc(-c2ccc(N(c3ccc(-c4cccc5c4c4ccccc4n5-c4ccccc4)cc3)c3cccc(-c4ccccc4)c3-c3ccccc3-c3ccccc3)cc2)cc1. The van der Waals surface area contributed by atoms with Crippen molar-refractivity contribution >= 4 is 38.9 Å². The van der Waals surface area contributed by atoms with Gasteiger partial charge >= 0.3 is 0 Å². The predicted octanol–water partition coefficient (Wildman–Crippen LogP) is 16.6. The van der Waals surface area contributed by atoms with E-state index in [1.165, 1.54) is 77.4 Å². The maximum Gasteiger partial charge on any atom is 0.0547 e. The quantitative estimate of drug-likeness (QED) is 0.141. The molecule has 10 aromatic carbocycles. The number of fused-ring (bicyclic) bond motifs is 3. The van der Waals surface area contributed by atoms with Crippen LogP contribution in [0.2, 0.25) is 0 Å². The molecule has 0 saturated carbocycles. The molecule has 0 aliphatic rings. The Morgan fingerprint density at radius 1 is 0.274 bits per heavy atom. The highest BCUT2D eigenvalue weighted by molar-refractivity contribution is 6.16. The summed E-state index contributed by atoms with van der Waals surface area (Å²) in [6, 6.07) is 92.1. The number of anilines is 3. The molecule has 1 aromatic heterocycles. The van der Waals surface area contributed by atoms with Crippen LogP contribution in [0.5, 0.6) is 0 Å². The van der Waals surface area contributed by atoms with Gasteiger partial charge in [0.2, 0.25) is 0 Å². The molecule has 0 fully saturated rings. The van der Waals surface area contributed by atoms with Crippen LogP contribution in [-0.4, -0.2) is 4.57 Å². The third-order valence-electron chi connectivity index (χ3n) is 12.0. The monoisotopic (exact) mass is 790 g/mol. The zero-order chi connectivity index (χ0) is 41.2. The summed E-state index contributed by atoms with van der Waals surface area (Å²) in [5.74, 6) is 0. The highest BCUT2D eigenvalue weighted by Gasteiger charge is 2.23. The average molecular weight is 791 g/mol. The van der Waals surface area contributed by atoms with Gasteiger partial charge in [-0.15, -0.1) is 0 Å². The molecule has 0 N–H and O–H groups in total. The van der Waals surface area contributed by atoms with Crippen molar-refractivity contribution in [2.75, 3.05) is 4.90 Å². The molecule has 0 bridgehead atoms. The Morgan fingerprint density at radius 2 is 0.710 bits per heavy atom. The first-order valence-electron chi connectivity index (χ1n) is 21.3. The summed E-state index contributed by atoms with van der Waals surface area (Å²) in [7, 11) is 0. The van der Waals surface area contributed by atoms with Crippen LogP contribution in [0.15, 0.2) is 255 Å². The van der Waals surface area contributed by atoms with Crippen LogP contribution < -0.4 is 4.90 Å². The largest absolute Gasteiger partial charge is 0.310 e. The molecule has 1 heterocycles. The summed E-state index contributed by atoms with van der Waals surface area (Å²) < 4.78 is 2.39. The van der Waals surface area contributed by atoms with Gasteiger partial charge < -0.3 is 9.47 Å². The first-order chi connectivity index (χ1) is 30.8. The smallest absolute Gasteiger partial charge is 0.0547 e. The summed E-state index contributed by atoms with van der Waals surface area (Å²) in [5, 5.41) is 2.49.